The molecule has 5 rings (SSSR count). The van der Waals surface area contributed by atoms with E-state index in [-0.39, 0.29) is 41.4 Å². The quantitative estimate of drug-likeness (QED) is 0.319. The first-order valence-corrected chi connectivity index (χ1v) is 14.4. The normalized spacial score (nSPS) is 18.0. The Morgan fingerprint density at radius 1 is 1.02 bits per heavy atom. The van der Waals surface area contributed by atoms with Gasteiger partial charge in [0.2, 0.25) is 11.7 Å². The van der Waals surface area contributed by atoms with Crippen molar-refractivity contribution in [2.45, 2.75) is 53.4 Å². The lowest BCUT2D eigenvalue weighted by molar-refractivity contribution is -0.132. The number of benzene rings is 2. The number of aromatic nitrogens is 1. The number of halogens is 2. The van der Waals surface area contributed by atoms with E-state index in [2.05, 4.69) is 10.5 Å². The zero-order valence-electron chi connectivity index (χ0n) is 25.0. The minimum Gasteiger partial charge on any atom is -0.494 e. The molecule has 3 heterocycles. The number of carbonyl (C=O) groups excluding carboxylic acids is 2. The van der Waals surface area contributed by atoms with Gasteiger partial charge >= 0.3 is 0 Å². The molecule has 9 nitrogen and oxygen atoms in total. The van der Waals surface area contributed by atoms with Crippen LogP contribution in [0.3, 0.4) is 0 Å². The van der Waals surface area contributed by atoms with Crippen LogP contribution in [-0.4, -0.2) is 53.5 Å². The minimum atomic E-state index is -1.14. The summed E-state index contributed by atoms with van der Waals surface area (Å²) in [5.74, 6) is -2.35. The monoisotopic (exact) mass is 591 g/mol. The lowest BCUT2D eigenvalue weighted by Gasteiger charge is -2.28. The molecule has 2 aliphatic rings. The van der Waals surface area contributed by atoms with E-state index in [1.807, 2.05) is 38.1 Å². The Kier molecular flexibility index (Phi) is 8.43. The molecule has 11 heteroatoms. The Morgan fingerprint density at radius 2 is 1.77 bits per heavy atom. The van der Waals surface area contributed by atoms with Crippen LogP contribution in [0.2, 0.25) is 0 Å². The molecule has 3 aromatic rings. The van der Waals surface area contributed by atoms with Crippen molar-refractivity contribution >= 4 is 34.1 Å². The van der Waals surface area contributed by atoms with Crippen LogP contribution >= 0.6 is 0 Å². The first-order valence-electron chi connectivity index (χ1n) is 14.4. The van der Waals surface area contributed by atoms with Gasteiger partial charge < -0.3 is 9.47 Å². The van der Waals surface area contributed by atoms with Crippen molar-refractivity contribution in [2.75, 3.05) is 20.3 Å². The number of hydrazone groups is 2. The van der Waals surface area contributed by atoms with Crippen LogP contribution in [-0.2, 0) is 16.0 Å². The predicted molar refractivity (Wildman–Crippen MR) is 159 cm³/mol. The van der Waals surface area contributed by atoms with E-state index in [4.69, 9.17) is 19.6 Å². The number of fused-ring (bicyclic) bond motifs is 1. The largest absolute Gasteiger partial charge is 0.494 e. The Balaban J connectivity index is 1.24. The molecular formula is C32H35F2N5O4. The van der Waals surface area contributed by atoms with E-state index in [9.17, 15) is 18.4 Å². The summed E-state index contributed by atoms with van der Waals surface area (Å²) < 4.78 is 40.8. The maximum absolute atomic E-state index is 14.9. The zero-order valence-corrected chi connectivity index (χ0v) is 25.0. The van der Waals surface area contributed by atoms with Gasteiger partial charge in [-0.05, 0) is 63.4 Å². The van der Waals surface area contributed by atoms with E-state index in [0.717, 1.165) is 34.3 Å². The second-order valence-electron chi connectivity index (χ2n) is 11.3. The maximum atomic E-state index is 14.9. The summed E-state index contributed by atoms with van der Waals surface area (Å²) in [6.07, 6.45) is 2.15. The lowest BCUT2D eigenvalue weighted by atomic mass is 9.83. The van der Waals surface area contributed by atoms with Gasteiger partial charge in [0.15, 0.2) is 11.6 Å². The molecule has 2 aromatic carbocycles. The summed E-state index contributed by atoms with van der Waals surface area (Å²) in [4.78, 5) is 29.6. The van der Waals surface area contributed by atoms with Gasteiger partial charge in [0.1, 0.15) is 11.3 Å². The number of carbonyl (C=O) groups is 2. The molecule has 226 valence electrons. The predicted octanol–water partition coefficient (Wildman–Crippen LogP) is 5.38. The smallest absolute Gasteiger partial charge is 0.251 e. The van der Waals surface area contributed by atoms with Crippen molar-refractivity contribution in [1.29, 1.82) is 0 Å². The fourth-order valence-corrected chi connectivity index (χ4v) is 5.32. The van der Waals surface area contributed by atoms with Crippen molar-refractivity contribution in [1.82, 2.24) is 15.4 Å². The Labute approximate surface area is 249 Å². The topological polar surface area (TPSA) is 105 Å². The van der Waals surface area contributed by atoms with Gasteiger partial charge in [-0.15, -0.1) is 0 Å². The fraction of sp³-hybridized carbons (Fsp3) is 0.406. The molecule has 2 aliphatic heterocycles. The number of aryl methyl sites for hydroxylation is 1. The highest BCUT2D eigenvalue weighted by molar-refractivity contribution is 6.19. The fourth-order valence-electron chi connectivity index (χ4n) is 5.32. The molecule has 0 aliphatic carbocycles. The summed E-state index contributed by atoms with van der Waals surface area (Å²) in [5, 5.41) is 11.0. The Bertz CT molecular complexity index is 1650. The maximum Gasteiger partial charge on any atom is 0.251 e. The molecule has 1 atom stereocenters. The van der Waals surface area contributed by atoms with Crippen molar-refractivity contribution in [3.8, 4) is 11.5 Å². The number of rotatable bonds is 10. The van der Waals surface area contributed by atoms with Crippen LogP contribution in [0.25, 0.3) is 10.9 Å². The van der Waals surface area contributed by atoms with Gasteiger partial charge in [-0.1, -0.05) is 19.9 Å². The van der Waals surface area contributed by atoms with Crippen molar-refractivity contribution in [3.63, 3.8) is 0 Å². The van der Waals surface area contributed by atoms with Gasteiger partial charge in [0, 0.05) is 41.1 Å². The average Bonchev–Trinajstić information content (AvgIpc) is 3.26. The number of ether oxygens (including phenoxy) is 2. The zero-order chi connectivity index (χ0) is 30.9. The van der Waals surface area contributed by atoms with Gasteiger partial charge in [-0.2, -0.15) is 14.6 Å². The number of unbranched alkanes of at least 4 members (excludes halogenated alkanes) is 1. The third kappa shape index (κ3) is 5.68. The third-order valence-corrected chi connectivity index (χ3v) is 7.95. The Morgan fingerprint density at radius 3 is 2.47 bits per heavy atom. The summed E-state index contributed by atoms with van der Waals surface area (Å²) >= 11 is 0. The number of nitrogens with one attached hydrogen (secondary N) is 1. The first-order chi connectivity index (χ1) is 20.6. The van der Waals surface area contributed by atoms with Crippen LogP contribution in [0, 0.1) is 23.0 Å². The molecular weight excluding hydrogens is 556 g/mol. The minimum absolute atomic E-state index is 0.0733. The van der Waals surface area contributed by atoms with Gasteiger partial charge in [-0.25, -0.2) is 19.8 Å². The summed E-state index contributed by atoms with van der Waals surface area (Å²) in [5.41, 5.74) is 4.70. The van der Waals surface area contributed by atoms with E-state index < -0.39 is 17.0 Å². The Hall–Kier alpha value is -4.41. The molecule has 1 N–H and O–H groups in total. The third-order valence-electron chi connectivity index (χ3n) is 7.95. The molecule has 0 bridgehead atoms. The van der Waals surface area contributed by atoms with Crippen LogP contribution in [0.1, 0.15) is 63.8 Å². The van der Waals surface area contributed by atoms with Gasteiger partial charge in [0.25, 0.3) is 5.91 Å². The summed E-state index contributed by atoms with van der Waals surface area (Å²) in [6, 6.07) is 10.5. The second kappa shape index (κ2) is 12.1. The molecule has 43 heavy (non-hydrogen) atoms. The lowest BCUT2D eigenvalue weighted by Crippen LogP contribution is -2.37. The highest BCUT2D eigenvalue weighted by Gasteiger charge is 2.41. The molecule has 2 amide bonds. The van der Waals surface area contributed by atoms with Crippen LogP contribution in [0.5, 0.6) is 11.5 Å². The first kappa shape index (κ1) is 30.1. The van der Waals surface area contributed by atoms with E-state index in [1.165, 1.54) is 17.1 Å². The number of pyridine rings is 1. The van der Waals surface area contributed by atoms with E-state index in [1.54, 1.807) is 21.0 Å². The second-order valence-corrected chi connectivity index (χ2v) is 11.3. The van der Waals surface area contributed by atoms with Crippen molar-refractivity contribution in [2.24, 2.45) is 21.5 Å². The number of nitrogens with zero attached hydrogens (tertiary/aromatic N) is 4. The highest BCUT2D eigenvalue weighted by atomic mass is 19.2. The summed E-state index contributed by atoms with van der Waals surface area (Å²) in [6.45, 7) is 7.69. The van der Waals surface area contributed by atoms with Gasteiger partial charge in [-0.3, -0.25) is 9.59 Å². The van der Waals surface area contributed by atoms with Gasteiger partial charge in [0.05, 0.1) is 30.6 Å². The molecule has 0 saturated heterocycles. The van der Waals surface area contributed by atoms with E-state index >= 15 is 0 Å². The number of methoxy groups -OCH3 is 1. The molecule has 0 saturated carbocycles. The average molecular weight is 592 g/mol. The molecule has 1 aromatic heterocycles. The molecule has 1 unspecified atom stereocenters. The number of amides is 2. The van der Waals surface area contributed by atoms with Crippen LogP contribution in [0.15, 0.2) is 46.6 Å². The standard InChI is InChI=1S/C32H35F2N5O4/c1-6-19-9-10-21-20(11-14-24(42-5)29(21)35-19)28-18(2)17-25(40)39(38-28)15-7-8-16-43-23-13-12-22(26(33)27(23)34)30-32(3,4)31(41)37-36-30/h9-14,18H,6-8,15-17H2,1-5H3,(H,37,41). The highest BCUT2D eigenvalue weighted by Crippen LogP contribution is 2.33. The SMILES string of the molecule is CCc1ccc2c(C3=NN(CCCCOc4ccc(C5=NNC(=O)C5(C)C)c(F)c4F)C(=O)CC3C)ccc(OC)c2n1. The molecule has 0 radical (unpaired) electrons. The van der Waals surface area contributed by atoms with E-state index in [0.29, 0.717) is 31.6 Å². The number of hydrogen-bond acceptors (Lipinski definition) is 7. The van der Waals surface area contributed by atoms with Crippen molar-refractivity contribution in [3.05, 3.63) is 64.9 Å². The number of hydrogen-bond donors (Lipinski definition) is 1. The van der Waals surface area contributed by atoms with Crippen LogP contribution in [0.4, 0.5) is 8.78 Å². The van der Waals surface area contributed by atoms with Crippen LogP contribution < -0.4 is 14.9 Å². The summed E-state index contributed by atoms with van der Waals surface area (Å²) in [7, 11) is 1.62. The molecule has 0 spiro atoms. The molecule has 0 fully saturated rings. The van der Waals surface area contributed by atoms with Crippen molar-refractivity contribution < 1.29 is 27.8 Å².